The average molecular weight is 255 g/mol. The van der Waals surface area contributed by atoms with Crippen LogP contribution in [0.1, 0.15) is 11.1 Å². The normalized spacial score (nSPS) is 10.5. The summed E-state index contributed by atoms with van der Waals surface area (Å²) in [6, 6.07) is 16.1. The molecule has 2 rings (SSSR count). The summed E-state index contributed by atoms with van der Waals surface area (Å²) in [6.45, 7) is 0.643. The van der Waals surface area contributed by atoms with Crippen molar-refractivity contribution in [3.8, 4) is 0 Å². The van der Waals surface area contributed by atoms with Crippen molar-refractivity contribution in [3.63, 3.8) is 0 Å². The molecule has 0 unspecified atom stereocenters. The molecule has 0 saturated carbocycles. The van der Waals surface area contributed by atoms with Crippen LogP contribution in [0.4, 0.5) is 5.69 Å². The van der Waals surface area contributed by atoms with Gasteiger partial charge in [0.2, 0.25) is 0 Å². The Balaban J connectivity index is 1.87. The van der Waals surface area contributed by atoms with E-state index in [0.29, 0.717) is 6.54 Å². The number of hydrogen-bond acceptors (Lipinski definition) is 4. The smallest absolute Gasteiger partial charge is 0.269 e. The second-order valence-corrected chi connectivity index (χ2v) is 3.93. The highest BCUT2D eigenvalue weighted by atomic mass is 16.6. The van der Waals surface area contributed by atoms with E-state index in [1.54, 1.807) is 18.3 Å². The number of benzene rings is 2. The molecule has 96 valence electrons. The summed E-state index contributed by atoms with van der Waals surface area (Å²) in [7, 11) is 0. The van der Waals surface area contributed by atoms with Crippen LogP contribution >= 0.6 is 0 Å². The molecule has 0 radical (unpaired) electrons. The molecule has 5 heteroatoms. The third kappa shape index (κ3) is 3.92. The summed E-state index contributed by atoms with van der Waals surface area (Å²) < 4.78 is 0. The number of nitrogens with zero attached hydrogens (tertiary/aromatic N) is 2. The summed E-state index contributed by atoms with van der Waals surface area (Å²) >= 11 is 0. The van der Waals surface area contributed by atoms with E-state index >= 15 is 0 Å². The van der Waals surface area contributed by atoms with Crippen LogP contribution in [-0.2, 0) is 6.54 Å². The summed E-state index contributed by atoms with van der Waals surface area (Å²) in [5.41, 5.74) is 4.95. The Kier molecular flexibility index (Phi) is 4.23. The summed E-state index contributed by atoms with van der Waals surface area (Å²) in [5.74, 6) is 0. The van der Waals surface area contributed by atoms with Crippen molar-refractivity contribution in [1.29, 1.82) is 0 Å². The van der Waals surface area contributed by atoms with E-state index in [-0.39, 0.29) is 5.69 Å². The standard InChI is InChI=1S/C14H13N3O2/c18-17(19)14-8-6-13(7-9-14)11-16-15-10-12-4-2-1-3-5-12/h1-9,11,15H,10H2/b16-11-. The van der Waals surface area contributed by atoms with E-state index in [1.807, 2.05) is 30.3 Å². The highest BCUT2D eigenvalue weighted by Crippen LogP contribution is 2.10. The van der Waals surface area contributed by atoms with Gasteiger partial charge in [-0.05, 0) is 23.3 Å². The predicted molar refractivity (Wildman–Crippen MR) is 74.0 cm³/mol. The first-order valence-electron chi connectivity index (χ1n) is 5.80. The number of rotatable bonds is 5. The van der Waals surface area contributed by atoms with Gasteiger partial charge in [-0.1, -0.05) is 30.3 Å². The van der Waals surface area contributed by atoms with Crippen molar-refractivity contribution in [1.82, 2.24) is 5.43 Å². The number of nitro benzene ring substituents is 1. The molecule has 0 aliphatic rings. The first-order valence-corrected chi connectivity index (χ1v) is 5.80. The Bertz CT molecular complexity index is 565. The monoisotopic (exact) mass is 255 g/mol. The van der Waals surface area contributed by atoms with Crippen LogP contribution < -0.4 is 5.43 Å². The maximum atomic E-state index is 10.5. The highest BCUT2D eigenvalue weighted by molar-refractivity contribution is 5.79. The van der Waals surface area contributed by atoms with Crippen LogP contribution in [0.15, 0.2) is 59.7 Å². The van der Waals surface area contributed by atoms with Gasteiger partial charge in [-0.2, -0.15) is 5.10 Å². The van der Waals surface area contributed by atoms with Crippen molar-refractivity contribution < 1.29 is 4.92 Å². The lowest BCUT2D eigenvalue weighted by Gasteiger charge is -1.99. The van der Waals surface area contributed by atoms with Gasteiger partial charge in [0.05, 0.1) is 17.7 Å². The van der Waals surface area contributed by atoms with E-state index in [2.05, 4.69) is 10.5 Å². The van der Waals surface area contributed by atoms with Crippen LogP contribution in [0.25, 0.3) is 0 Å². The van der Waals surface area contributed by atoms with Gasteiger partial charge in [-0.15, -0.1) is 0 Å². The van der Waals surface area contributed by atoms with Gasteiger partial charge >= 0.3 is 0 Å². The van der Waals surface area contributed by atoms with Gasteiger partial charge in [0, 0.05) is 12.1 Å². The predicted octanol–water partition coefficient (Wildman–Crippen LogP) is 2.72. The third-order valence-corrected chi connectivity index (χ3v) is 2.53. The van der Waals surface area contributed by atoms with E-state index in [1.165, 1.54) is 12.1 Å². The fourth-order valence-electron chi connectivity index (χ4n) is 1.54. The lowest BCUT2D eigenvalue weighted by Crippen LogP contribution is -2.05. The topological polar surface area (TPSA) is 67.5 Å². The maximum absolute atomic E-state index is 10.5. The van der Waals surface area contributed by atoms with Gasteiger partial charge in [0.25, 0.3) is 5.69 Å². The Labute approximate surface area is 110 Å². The molecule has 0 bridgehead atoms. The summed E-state index contributed by atoms with van der Waals surface area (Å²) in [6.07, 6.45) is 1.63. The second kappa shape index (κ2) is 6.30. The Morgan fingerprint density at radius 2 is 1.79 bits per heavy atom. The van der Waals surface area contributed by atoms with Gasteiger partial charge in [-0.3, -0.25) is 10.1 Å². The minimum absolute atomic E-state index is 0.0781. The molecule has 0 spiro atoms. The van der Waals surface area contributed by atoms with Crippen molar-refractivity contribution in [3.05, 3.63) is 75.8 Å². The van der Waals surface area contributed by atoms with E-state index in [0.717, 1.165) is 11.1 Å². The van der Waals surface area contributed by atoms with Crippen molar-refractivity contribution in [2.45, 2.75) is 6.54 Å². The minimum atomic E-state index is -0.422. The maximum Gasteiger partial charge on any atom is 0.269 e. The molecule has 1 N–H and O–H groups in total. The molecular weight excluding hydrogens is 242 g/mol. The lowest BCUT2D eigenvalue weighted by molar-refractivity contribution is -0.384. The zero-order valence-electron chi connectivity index (χ0n) is 10.2. The zero-order valence-corrected chi connectivity index (χ0v) is 10.2. The molecule has 19 heavy (non-hydrogen) atoms. The molecule has 0 saturated heterocycles. The van der Waals surface area contributed by atoms with E-state index in [4.69, 9.17) is 0 Å². The molecule has 5 nitrogen and oxygen atoms in total. The SMILES string of the molecule is O=[N+]([O-])c1ccc(/C=N\NCc2ccccc2)cc1. The Morgan fingerprint density at radius 3 is 2.42 bits per heavy atom. The van der Waals surface area contributed by atoms with Crippen molar-refractivity contribution in [2.24, 2.45) is 5.10 Å². The Morgan fingerprint density at radius 1 is 1.11 bits per heavy atom. The van der Waals surface area contributed by atoms with Gasteiger partial charge in [-0.25, -0.2) is 0 Å². The molecule has 2 aromatic carbocycles. The lowest BCUT2D eigenvalue weighted by atomic mass is 10.2. The minimum Gasteiger partial charge on any atom is -0.306 e. The van der Waals surface area contributed by atoms with E-state index in [9.17, 15) is 10.1 Å². The number of nitro groups is 1. The van der Waals surface area contributed by atoms with Crippen LogP contribution in [0, 0.1) is 10.1 Å². The largest absolute Gasteiger partial charge is 0.306 e. The van der Waals surface area contributed by atoms with Gasteiger partial charge in [0.15, 0.2) is 0 Å². The van der Waals surface area contributed by atoms with Crippen molar-refractivity contribution in [2.75, 3.05) is 0 Å². The van der Waals surface area contributed by atoms with Crippen LogP contribution in [0.5, 0.6) is 0 Å². The Hall–Kier alpha value is -2.69. The van der Waals surface area contributed by atoms with Crippen LogP contribution in [0.2, 0.25) is 0 Å². The van der Waals surface area contributed by atoms with Gasteiger partial charge in [0.1, 0.15) is 0 Å². The number of nitrogens with one attached hydrogen (secondary N) is 1. The molecule has 0 aliphatic carbocycles. The third-order valence-electron chi connectivity index (χ3n) is 2.53. The first-order chi connectivity index (χ1) is 9.25. The van der Waals surface area contributed by atoms with Crippen molar-refractivity contribution >= 4 is 11.9 Å². The van der Waals surface area contributed by atoms with E-state index < -0.39 is 4.92 Å². The molecule has 0 aliphatic heterocycles. The fraction of sp³-hybridized carbons (Fsp3) is 0.0714. The van der Waals surface area contributed by atoms with Crippen LogP contribution in [0.3, 0.4) is 0 Å². The molecule has 0 heterocycles. The number of hydrogen-bond donors (Lipinski definition) is 1. The summed E-state index contributed by atoms with van der Waals surface area (Å²) in [5, 5.41) is 14.6. The molecule has 0 aromatic heterocycles. The quantitative estimate of drug-likeness (QED) is 0.507. The average Bonchev–Trinajstić information content (AvgIpc) is 2.45. The molecule has 0 atom stereocenters. The second-order valence-electron chi connectivity index (χ2n) is 3.93. The van der Waals surface area contributed by atoms with Crippen LogP contribution in [-0.4, -0.2) is 11.1 Å². The fourth-order valence-corrected chi connectivity index (χ4v) is 1.54. The van der Waals surface area contributed by atoms with Gasteiger partial charge < -0.3 is 5.43 Å². The molecular formula is C14H13N3O2. The summed E-state index contributed by atoms with van der Waals surface area (Å²) in [4.78, 5) is 10.1. The molecule has 0 amide bonds. The number of hydrazone groups is 1. The molecule has 2 aromatic rings. The number of non-ortho nitro benzene ring substituents is 1. The zero-order chi connectivity index (χ0) is 13.5. The molecule has 0 fully saturated rings. The first kappa shape index (κ1) is 12.8. The highest BCUT2D eigenvalue weighted by Gasteiger charge is 2.02.